The van der Waals surface area contributed by atoms with Crippen LogP contribution in [0.1, 0.15) is 32.1 Å². The normalized spacial score (nSPS) is 10.9. The molecule has 0 saturated carbocycles. The second-order valence-electron chi connectivity index (χ2n) is 6.94. The molecule has 158 valence electrons. The van der Waals surface area contributed by atoms with Gasteiger partial charge >= 0.3 is 5.69 Å². The molecule has 0 aliphatic rings. The Hall–Kier alpha value is -3.62. The van der Waals surface area contributed by atoms with Crippen LogP contribution in [0.3, 0.4) is 0 Å². The number of amides is 1. The van der Waals surface area contributed by atoms with Crippen molar-refractivity contribution in [1.29, 1.82) is 0 Å². The molecule has 2 heterocycles. The molecule has 1 aromatic carbocycles. The largest absolute Gasteiger partial charge is 0.441 e. The molecule has 0 fully saturated rings. The van der Waals surface area contributed by atoms with Crippen molar-refractivity contribution >= 4 is 17.4 Å². The van der Waals surface area contributed by atoms with Gasteiger partial charge in [-0.25, -0.2) is 9.78 Å². The highest BCUT2D eigenvalue weighted by atomic mass is 16.4. The van der Waals surface area contributed by atoms with E-state index in [1.54, 1.807) is 6.20 Å². The van der Waals surface area contributed by atoms with E-state index < -0.39 is 11.2 Å². The first kappa shape index (κ1) is 21.1. The molecule has 0 atom stereocenters. The van der Waals surface area contributed by atoms with E-state index in [4.69, 9.17) is 10.2 Å². The number of nitrogens with zero attached hydrogens (tertiary/aromatic N) is 3. The molecule has 3 rings (SSSR count). The highest BCUT2D eigenvalue weighted by Crippen LogP contribution is 2.21. The number of nitrogens with one attached hydrogen (secondary N) is 1. The summed E-state index contributed by atoms with van der Waals surface area (Å²) in [6.45, 7) is 2.35. The van der Waals surface area contributed by atoms with Gasteiger partial charge in [-0.1, -0.05) is 43.7 Å². The summed E-state index contributed by atoms with van der Waals surface area (Å²) in [7, 11) is 1.46. The second-order valence-corrected chi connectivity index (χ2v) is 6.94. The zero-order chi connectivity index (χ0) is 21.7. The minimum Gasteiger partial charge on any atom is -0.441 e. The topological polar surface area (TPSA) is 127 Å². The lowest BCUT2D eigenvalue weighted by Gasteiger charge is -2.20. The van der Waals surface area contributed by atoms with Crippen LogP contribution in [-0.2, 0) is 17.8 Å². The zero-order valence-electron chi connectivity index (χ0n) is 17.1. The number of aryl methyl sites for hydroxylation is 1. The number of benzene rings is 1. The Morgan fingerprint density at radius 1 is 1.27 bits per heavy atom. The standard InChI is InChI=1S/C21H25N5O4/c1-3-4-12-26-19(22)18(20(28)24-21(26)29)25(2)17(27)11-10-16-23-13-15(30-16)14-8-6-5-7-9-14/h5-9,13H,3-4,10-12,22H2,1-2H3,(H,24,28,29). The van der Waals surface area contributed by atoms with Crippen molar-refractivity contribution in [2.24, 2.45) is 0 Å². The molecular weight excluding hydrogens is 386 g/mol. The number of aromatic nitrogens is 3. The van der Waals surface area contributed by atoms with Gasteiger partial charge in [-0.2, -0.15) is 0 Å². The molecule has 1 amide bonds. The quantitative estimate of drug-likeness (QED) is 0.585. The molecule has 0 saturated heterocycles. The van der Waals surface area contributed by atoms with Crippen molar-refractivity contribution in [3.8, 4) is 11.3 Å². The van der Waals surface area contributed by atoms with E-state index in [1.165, 1.54) is 16.5 Å². The Morgan fingerprint density at radius 2 is 2.00 bits per heavy atom. The molecule has 0 aliphatic carbocycles. The fourth-order valence-corrected chi connectivity index (χ4v) is 3.11. The van der Waals surface area contributed by atoms with Gasteiger partial charge in [0, 0.05) is 32.0 Å². The fraction of sp³-hybridized carbons (Fsp3) is 0.333. The van der Waals surface area contributed by atoms with E-state index in [9.17, 15) is 14.4 Å². The Morgan fingerprint density at radius 3 is 2.70 bits per heavy atom. The third kappa shape index (κ3) is 4.51. The number of rotatable bonds is 8. The molecule has 3 aromatic rings. The van der Waals surface area contributed by atoms with Crippen LogP contribution in [0, 0.1) is 0 Å². The average molecular weight is 411 g/mol. The summed E-state index contributed by atoms with van der Waals surface area (Å²) in [6, 6.07) is 9.53. The number of carbonyl (C=O) groups excluding carboxylic acids is 1. The number of hydrogen-bond donors (Lipinski definition) is 2. The van der Waals surface area contributed by atoms with E-state index in [0.717, 1.165) is 18.4 Å². The first-order valence-electron chi connectivity index (χ1n) is 9.81. The molecule has 30 heavy (non-hydrogen) atoms. The number of nitrogens with two attached hydrogens (primary N) is 1. The lowest BCUT2D eigenvalue weighted by molar-refractivity contribution is -0.118. The van der Waals surface area contributed by atoms with Gasteiger partial charge in [0.2, 0.25) is 5.91 Å². The average Bonchev–Trinajstić information content (AvgIpc) is 3.21. The van der Waals surface area contributed by atoms with Crippen LogP contribution in [0.5, 0.6) is 0 Å². The summed E-state index contributed by atoms with van der Waals surface area (Å²) >= 11 is 0. The molecule has 0 aliphatic heterocycles. The van der Waals surface area contributed by atoms with E-state index in [-0.39, 0.29) is 30.3 Å². The van der Waals surface area contributed by atoms with Crippen molar-refractivity contribution in [3.63, 3.8) is 0 Å². The lowest BCUT2D eigenvalue weighted by atomic mass is 10.2. The van der Waals surface area contributed by atoms with Crippen LogP contribution in [0.15, 0.2) is 50.5 Å². The summed E-state index contributed by atoms with van der Waals surface area (Å²) in [5.74, 6) is 0.684. The summed E-state index contributed by atoms with van der Waals surface area (Å²) in [6.07, 6.45) is 3.53. The predicted molar refractivity (Wildman–Crippen MR) is 114 cm³/mol. The van der Waals surface area contributed by atoms with Crippen molar-refractivity contribution in [2.75, 3.05) is 17.7 Å². The van der Waals surface area contributed by atoms with Crippen LogP contribution < -0.4 is 21.9 Å². The highest BCUT2D eigenvalue weighted by molar-refractivity contribution is 5.95. The molecule has 9 nitrogen and oxygen atoms in total. The van der Waals surface area contributed by atoms with Crippen molar-refractivity contribution in [3.05, 3.63) is 63.3 Å². The molecule has 3 N–H and O–H groups in total. The zero-order valence-corrected chi connectivity index (χ0v) is 17.1. The molecule has 2 aromatic heterocycles. The lowest BCUT2D eigenvalue weighted by Crippen LogP contribution is -2.39. The third-order valence-electron chi connectivity index (χ3n) is 4.82. The summed E-state index contributed by atoms with van der Waals surface area (Å²) < 4.78 is 6.99. The van der Waals surface area contributed by atoms with Crippen molar-refractivity contribution in [2.45, 2.75) is 39.2 Å². The SMILES string of the molecule is CCCCn1c(N)c(N(C)C(=O)CCc2ncc(-c3ccccc3)o2)c(=O)[nH]c1=O. The number of nitrogen functional groups attached to an aromatic ring is 1. The number of carbonyl (C=O) groups is 1. The molecule has 0 unspecified atom stereocenters. The highest BCUT2D eigenvalue weighted by Gasteiger charge is 2.21. The minimum absolute atomic E-state index is 0.0180. The predicted octanol–water partition coefficient (Wildman–Crippen LogP) is 2.17. The number of aromatic amines is 1. The maximum atomic E-state index is 12.7. The van der Waals surface area contributed by atoms with Gasteiger partial charge < -0.3 is 15.1 Å². The van der Waals surface area contributed by atoms with Crippen LogP contribution in [-0.4, -0.2) is 27.5 Å². The molecule has 0 spiro atoms. The molecule has 9 heteroatoms. The monoisotopic (exact) mass is 411 g/mol. The van der Waals surface area contributed by atoms with Crippen LogP contribution in [0.25, 0.3) is 11.3 Å². The maximum absolute atomic E-state index is 12.7. The van der Waals surface area contributed by atoms with E-state index >= 15 is 0 Å². The Bertz CT molecular complexity index is 1130. The molecule has 0 radical (unpaired) electrons. The Kier molecular flexibility index (Phi) is 6.51. The Balaban J connectivity index is 1.73. The maximum Gasteiger partial charge on any atom is 0.330 e. The van der Waals surface area contributed by atoms with Gasteiger partial charge in [0.15, 0.2) is 17.3 Å². The number of oxazole rings is 1. The fourth-order valence-electron chi connectivity index (χ4n) is 3.11. The number of anilines is 2. The molecular formula is C21H25N5O4. The minimum atomic E-state index is -0.691. The van der Waals surface area contributed by atoms with Crippen LogP contribution in [0.2, 0.25) is 0 Å². The van der Waals surface area contributed by atoms with E-state index in [1.807, 2.05) is 37.3 Å². The number of unbranched alkanes of at least 4 members (excludes halogenated alkanes) is 1. The first-order chi connectivity index (χ1) is 14.4. The summed E-state index contributed by atoms with van der Waals surface area (Å²) in [5.41, 5.74) is 5.65. The van der Waals surface area contributed by atoms with Gasteiger partial charge in [-0.15, -0.1) is 0 Å². The number of hydrogen-bond acceptors (Lipinski definition) is 6. The van der Waals surface area contributed by atoms with Crippen molar-refractivity contribution in [1.82, 2.24) is 14.5 Å². The summed E-state index contributed by atoms with van der Waals surface area (Å²) in [5, 5.41) is 0. The van der Waals surface area contributed by atoms with Gasteiger partial charge in [0.05, 0.1) is 6.20 Å². The van der Waals surface area contributed by atoms with Gasteiger partial charge in [0.1, 0.15) is 5.82 Å². The van der Waals surface area contributed by atoms with E-state index in [0.29, 0.717) is 18.2 Å². The van der Waals surface area contributed by atoms with Gasteiger partial charge in [-0.05, 0) is 6.42 Å². The van der Waals surface area contributed by atoms with Gasteiger partial charge in [0.25, 0.3) is 5.56 Å². The van der Waals surface area contributed by atoms with Crippen LogP contribution in [0.4, 0.5) is 11.5 Å². The van der Waals surface area contributed by atoms with Gasteiger partial charge in [-0.3, -0.25) is 19.1 Å². The smallest absolute Gasteiger partial charge is 0.330 e. The molecule has 0 bridgehead atoms. The second kappa shape index (κ2) is 9.25. The summed E-state index contributed by atoms with van der Waals surface area (Å²) in [4.78, 5) is 44.6. The number of H-pyrrole nitrogens is 1. The van der Waals surface area contributed by atoms with E-state index in [2.05, 4.69) is 9.97 Å². The first-order valence-corrected chi connectivity index (χ1v) is 9.81. The third-order valence-corrected chi connectivity index (χ3v) is 4.82. The van der Waals surface area contributed by atoms with Crippen LogP contribution >= 0.6 is 0 Å². The van der Waals surface area contributed by atoms with Crippen molar-refractivity contribution < 1.29 is 9.21 Å². The Labute approximate surface area is 173 Å².